The number of nitrogens with zero attached hydrogens (tertiary/aromatic N) is 4. The maximum Gasteiger partial charge on any atom is 0.417 e. The number of halogens is 5. The zero-order valence-corrected chi connectivity index (χ0v) is 19.5. The van der Waals surface area contributed by atoms with Gasteiger partial charge in [0.05, 0.1) is 26.9 Å². The average molecular weight is 524 g/mol. The maximum absolute atomic E-state index is 13.3. The van der Waals surface area contributed by atoms with Crippen molar-refractivity contribution in [1.82, 2.24) is 15.1 Å². The van der Waals surface area contributed by atoms with Gasteiger partial charge in [-0.05, 0) is 36.4 Å². The summed E-state index contributed by atoms with van der Waals surface area (Å²) in [6.45, 7) is 1.10. The van der Waals surface area contributed by atoms with Gasteiger partial charge >= 0.3 is 6.18 Å². The van der Waals surface area contributed by atoms with Crippen LogP contribution in [0.4, 0.5) is 24.7 Å². The van der Waals surface area contributed by atoms with E-state index in [0.717, 1.165) is 6.07 Å². The van der Waals surface area contributed by atoms with E-state index in [1.54, 1.807) is 24.3 Å². The topological polar surface area (TPSA) is 78.4 Å². The van der Waals surface area contributed by atoms with Crippen molar-refractivity contribution in [2.45, 2.75) is 6.18 Å². The molecule has 12 heteroatoms. The third-order valence-electron chi connectivity index (χ3n) is 5.44. The van der Waals surface area contributed by atoms with Gasteiger partial charge in [0.2, 0.25) is 0 Å². The van der Waals surface area contributed by atoms with Gasteiger partial charge in [0.25, 0.3) is 11.8 Å². The van der Waals surface area contributed by atoms with E-state index in [1.165, 1.54) is 29.2 Å². The third kappa shape index (κ3) is 5.49. The molecule has 1 fully saturated rings. The number of benzene rings is 2. The first kappa shape index (κ1) is 24.7. The fraction of sp³-hybridized carbons (Fsp3) is 0.217. The predicted octanol–water partition coefficient (Wildman–Crippen LogP) is 5.02. The highest BCUT2D eigenvalue weighted by molar-refractivity contribution is 6.40. The number of hydrogen-bond donors (Lipinski definition) is 1. The van der Waals surface area contributed by atoms with Crippen LogP contribution in [0.5, 0.6) is 0 Å². The molecule has 2 amide bonds. The molecule has 0 bridgehead atoms. The van der Waals surface area contributed by atoms with Gasteiger partial charge < -0.3 is 15.1 Å². The molecule has 0 atom stereocenters. The molecular formula is C23H18Cl2F3N5O2. The molecule has 3 aromatic rings. The molecule has 35 heavy (non-hydrogen) atoms. The van der Waals surface area contributed by atoms with Gasteiger partial charge in [0.15, 0.2) is 11.5 Å². The van der Waals surface area contributed by atoms with Gasteiger partial charge in [0, 0.05) is 26.2 Å². The van der Waals surface area contributed by atoms with Crippen molar-refractivity contribution in [2.75, 3.05) is 36.4 Å². The van der Waals surface area contributed by atoms with E-state index < -0.39 is 23.6 Å². The second-order valence-corrected chi connectivity index (χ2v) is 8.46. The normalized spacial score (nSPS) is 14.1. The SMILES string of the molecule is O=C(Nc1c(Cl)cccc1Cl)c1ccc(N2CCN(C(=O)c3ccccc3C(F)(F)F)CC2)nn1. The number of nitrogens with one attached hydrogen (secondary N) is 1. The van der Waals surface area contributed by atoms with Crippen molar-refractivity contribution in [3.63, 3.8) is 0 Å². The second kappa shape index (κ2) is 10.1. The summed E-state index contributed by atoms with van der Waals surface area (Å²) in [4.78, 5) is 28.4. The molecule has 2 heterocycles. The van der Waals surface area contributed by atoms with Gasteiger partial charge in [-0.25, -0.2) is 0 Å². The van der Waals surface area contributed by atoms with E-state index in [0.29, 0.717) is 18.9 Å². The Morgan fingerprint density at radius 2 is 1.51 bits per heavy atom. The number of carbonyl (C=O) groups is 2. The van der Waals surface area contributed by atoms with E-state index in [4.69, 9.17) is 23.2 Å². The van der Waals surface area contributed by atoms with Crippen LogP contribution in [-0.2, 0) is 6.18 Å². The number of para-hydroxylation sites is 1. The van der Waals surface area contributed by atoms with Crippen molar-refractivity contribution >= 4 is 46.5 Å². The maximum atomic E-state index is 13.3. The molecule has 4 rings (SSSR count). The smallest absolute Gasteiger partial charge is 0.352 e. The molecule has 7 nitrogen and oxygen atoms in total. The van der Waals surface area contributed by atoms with E-state index in [1.807, 2.05) is 4.90 Å². The van der Waals surface area contributed by atoms with Gasteiger partial charge in [0.1, 0.15) is 0 Å². The second-order valence-electron chi connectivity index (χ2n) is 7.65. The molecule has 0 saturated carbocycles. The van der Waals surface area contributed by atoms with Gasteiger partial charge in [-0.15, -0.1) is 10.2 Å². The van der Waals surface area contributed by atoms with Gasteiger partial charge in [-0.1, -0.05) is 41.4 Å². The van der Waals surface area contributed by atoms with Crippen LogP contribution in [0.15, 0.2) is 54.6 Å². The van der Waals surface area contributed by atoms with Crippen LogP contribution in [0.25, 0.3) is 0 Å². The number of piperazine rings is 1. The minimum Gasteiger partial charge on any atom is -0.352 e. The van der Waals surface area contributed by atoms with Crippen LogP contribution in [0, 0.1) is 0 Å². The summed E-state index contributed by atoms with van der Waals surface area (Å²) in [5.74, 6) is -0.744. The molecular weight excluding hydrogens is 506 g/mol. The van der Waals surface area contributed by atoms with Crippen LogP contribution >= 0.6 is 23.2 Å². The van der Waals surface area contributed by atoms with Crippen molar-refractivity contribution < 1.29 is 22.8 Å². The molecule has 0 aliphatic carbocycles. The lowest BCUT2D eigenvalue weighted by molar-refractivity contribution is -0.138. The monoisotopic (exact) mass is 523 g/mol. The quantitative estimate of drug-likeness (QED) is 0.519. The van der Waals surface area contributed by atoms with Crippen molar-refractivity contribution in [2.24, 2.45) is 0 Å². The van der Waals surface area contributed by atoms with Crippen molar-refractivity contribution in [3.8, 4) is 0 Å². The zero-order valence-electron chi connectivity index (χ0n) is 18.0. The molecule has 182 valence electrons. The highest BCUT2D eigenvalue weighted by Crippen LogP contribution is 2.33. The largest absolute Gasteiger partial charge is 0.417 e. The van der Waals surface area contributed by atoms with Crippen LogP contribution in [0.3, 0.4) is 0 Å². The molecule has 1 saturated heterocycles. The fourth-order valence-corrected chi connectivity index (χ4v) is 4.13. The van der Waals surface area contributed by atoms with E-state index in [2.05, 4.69) is 15.5 Å². The summed E-state index contributed by atoms with van der Waals surface area (Å²) in [5.41, 5.74) is -1.02. The Hall–Kier alpha value is -3.37. The Morgan fingerprint density at radius 3 is 2.11 bits per heavy atom. The Balaban J connectivity index is 1.39. The number of hydrogen-bond acceptors (Lipinski definition) is 5. The van der Waals surface area contributed by atoms with Gasteiger partial charge in [-0.2, -0.15) is 13.2 Å². The summed E-state index contributed by atoms with van der Waals surface area (Å²) in [7, 11) is 0. The van der Waals surface area contributed by atoms with Crippen LogP contribution in [0.2, 0.25) is 10.0 Å². The molecule has 1 aliphatic heterocycles. The molecule has 0 unspecified atom stereocenters. The molecule has 0 radical (unpaired) electrons. The lowest BCUT2D eigenvalue weighted by atomic mass is 10.1. The Kier molecular flexibility index (Phi) is 7.13. The fourth-order valence-electron chi connectivity index (χ4n) is 3.64. The van der Waals surface area contributed by atoms with Crippen LogP contribution in [-0.4, -0.2) is 53.1 Å². The Labute approximate surface area is 208 Å². The molecule has 1 aliphatic rings. The van der Waals surface area contributed by atoms with Crippen molar-refractivity contribution in [1.29, 1.82) is 0 Å². The third-order valence-corrected chi connectivity index (χ3v) is 6.07. The number of alkyl halides is 3. The van der Waals surface area contributed by atoms with Crippen LogP contribution < -0.4 is 10.2 Å². The lowest BCUT2D eigenvalue weighted by Gasteiger charge is -2.35. The highest BCUT2D eigenvalue weighted by atomic mass is 35.5. The predicted molar refractivity (Wildman–Crippen MR) is 126 cm³/mol. The molecule has 1 aromatic heterocycles. The zero-order chi connectivity index (χ0) is 25.2. The summed E-state index contributed by atoms with van der Waals surface area (Å²) >= 11 is 12.1. The number of rotatable bonds is 4. The first-order valence-corrected chi connectivity index (χ1v) is 11.2. The lowest BCUT2D eigenvalue weighted by Crippen LogP contribution is -2.49. The highest BCUT2D eigenvalue weighted by Gasteiger charge is 2.36. The molecule has 2 aromatic carbocycles. The van der Waals surface area contributed by atoms with E-state index >= 15 is 0 Å². The number of carbonyl (C=O) groups excluding carboxylic acids is 2. The minimum atomic E-state index is -4.62. The minimum absolute atomic E-state index is 0.0438. The van der Waals surface area contributed by atoms with Crippen LogP contribution in [0.1, 0.15) is 26.4 Å². The molecule has 0 spiro atoms. The Morgan fingerprint density at radius 1 is 0.857 bits per heavy atom. The number of anilines is 2. The first-order chi connectivity index (χ1) is 16.6. The number of aromatic nitrogens is 2. The average Bonchev–Trinajstić information content (AvgIpc) is 2.85. The summed E-state index contributed by atoms with van der Waals surface area (Å²) in [6.07, 6.45) is -4.62. The van der Waals surface area contributed by atoms with Gasteiger partial charge in [-0.3, -0.25) is 9.59 Å². The summed E-state index contributed by atoms with van der Waals surface area (Å²) in [5, 5.41) is 11.2. The summed E-state index contributed by atoms with van der Waals surface area (Å²) in [6, 6.07) is 12.7. The Bertz CT molecular complexity index is 1230. The van der Waals surface area contributed by atoms with E-state index in [9.17, 15) is 22.8 Å². The first-order valence-electron chi connectivity index (χ1n) is 10.4. The van der Waals surface area contributed by atoms with Crippen molar-refractivity contribution in [3.05, 3.63) is 81.5 Å². The standard InChI is InChI=1S/C23H18Cl2F3N5O2/c24-16-6-3-7-17(25)20(16)29-21(34)18-8-9-19(31-30-18)32-10-12-33(13-11-32)22(35)14-4-1-2-5-15(14)23(26,27)28/h1-9H,10-13H2,(H,29,34). The number of amides is 2. The molecule has 1 N–H and O–H groups in total. The van der Waals surface area contributed by atoms with E-state index in [-0.39, 0.29) is 40.1 Å². The summed E-state index contributed by atoms with van der Waals surface area (Å²) < 4.78 is 39.8.